The summed E-state index contributed by atoms with van der Waals surface area (Å²) in [5.41, 5.74) is 0.789. The molecule has 0 aliphatic carbocycles. The van der Waals surface area contributed by atoms with Crippen molar-refractivity contribution < 1.29 is 4.42 Å². The highest BCUT2D eigenvalue weighted by molar-refractivity contribution is 6.33. The van der Waals surface area contributed by atoms with Crippen LogP contribution in [0.2, 0.25) is 5.02 Å². The lowest BCUT2D eigenvalue weighted by Crippen LogP contribution is -2.23. The number of rotatable bonds is 3. The molecule has 0 saturated carbocycles. The Balaban J connectivity index is 1.79. The van der Waals surface area contributed by atoms with E-state index in [-0.39, 0.29) is 0 Å². The van der Waals surface area contributed by atoms with Crippen LogP contribution in [0.1, 0.15) is 18.7 Å². The smallest absolute Gasteiger partial charge is 0.249 e. The molecule has 2 heterocycles. The van der Waals surface area contributed by atoms with Crippen LogP contribution in [-0.4, -0.2) is 22.8 Å². The number of hydrogen-bond acceptors (Lipinski definition) is 4. The molecule has 1 aliphatic rings. The van der Waals surface area contributed by atoms with E-state index >= 15 is 0 Å². The standard InChI is InChI=1S/C13H14ClN3O/c14-11-6-2-1-5-10(11)13-17-16-12(18-13)8-9-4-3-7-15-9/h1-2,5-6,9,15H,3-4,7-8H2. The van der Waals surface area contributed by atoms with Crippen LogP contribution in [0.4, 0.5) is 0 Å². The van der Waals surface area contributed by atoms with Gasteiger partial charge in [-0.1, -0.05) is 23.7 Å². The van der Waals surface area contributed by atoms with Crippen LogP contribution in [0.5, 0.6) is 0 Å². The number of aromatic nitrogens is 2. The highest BCUT2D eigenvalue weighted by atomic mass is 35.5. The third-order valence-electron chi connectivity index (χ3n) is 3.15. The van der Waals surface area contributed by atoms with Gasteiger partial charge in [-0.25, -0.2) is 0 Å². The van der Waals surface area contributed by atoms with E-state index in [2.05, 4.69) is 15.5 Å². The molecule has 94 valence electrons. The first-order chi connectivity index (χ1) is 8.83. The summed E-state index contributed by atoms with van der Waals surface area (Å²) in [6.07, 6.45) is 3.18. The maximum atomic E-state index is 6.10. The molecule has 4 nitrogen and oxygen atoms in total. The molecular formula is C13H14ClN3O. The van der Waals surface area contributed by atoms with Gasteiger partial charge < -0.3 is 9.73 Å². The molecule has 0 bridgehead atoms. The van der Waals surface area contributed by atoms with Crippen LogP contribution in [0.25, 0.3) is 11.5 Å². The van der Waals surface area contributed by atoms with E-state index in [0.29, 0.717) is 22.8 Å². The summed E-state index contributed by atoms with van der Waals surface area (Å²) in [6.45, 7) is 1.08. The summed E-state index contributed by atoms with van der Waals surface area (Å²) in [7, 11) is 0. The quantitative estimate of drug-likeness (QED) is 0.925. The molecule has 1 aromatic heterocycles. The van der Waals surface area contributed by atoms with E-state index in [1.54, 1.807) is 0 Å². The maximum absolute atomic E-state index is 6.10. The van der Waals surface area contributed by atoms with Crippen molar-refractivity contribution in [1.82, 2.24) is 15.5 Å². The fraction of sp³-hybridized carbons (Fsp3) is 0.385. The Morgan fingerprint density at radius 1 is 1.33 bits per heavy atom. The zero-order valence-corrected chi connectivity index (χ0v) is 10.7. The maximum Gasteiger partial charge on any atom is 0.249 e. The lowest BCUT2D eigenvalue weighted by atomic mass is 10.2. The Kier molecular flexibility index (Phi) is 3.30. The molecule has 0 amide bonds. The summed E-state index contributed by atoms with van der Waals surface area (Å²) >= 11 is 6.10. The SMILES string of the molecule is Clc1ccccc1-c1nnc(CC2CCCN2)o1. The van der Waals surface area contributed by atoms with E-state index in [0.717, 1.165) is 18.5 Å². The molecule has 5 heteroatoms. The monoisotopic (exact) mass is 263 g/mol. The Bertz CT molecular complexity index is 535. The summed E-state index contributed by atoms with van der Waals surface area (Å²) in [5, 5.41) is 12.2. The Hall–Kier alpha value is -1.39. The van der Waals surface area contributed by atoms with Crippen molar-refractivity contribution in [1.29, 1.82) is 0 Å². The average Bonchev–Trinajstić information content (AvgIpc) is 3.02. The lowest BCUT2D eigenvalue weighted by molar-refractivity contribution is 0.464. The van der Waals surface area contributed by atoms with Crippen molar-refractivity contribution >= 4 is 11.6 Å². The van der Waals surface area contributed by atoms with Crippen molar-refractivity contribution in [2.45, 2.75) is 25.3 Å². The van der Waals surface area contributed by atoms with E-state index in [4.69, 9.17) is 16.0 Å². The minimum absolute atomic E-state index is 0.463. The fourth-order valence-electron chi connectivity index (χ4n) is 2.22. The fourth-order valence-corrected chi connectivity index (χ4v) is 2.44. The minimum atomic E-state index is 0.463. The number of halogens is 1. The Morgan fingerprint density at radius 2 is 2.22 bits per heavy atom. The predicted octanol–water partition coefficient (Wildman–Crippen LogP) is 2.68. The zero-order chi connectivity index (χ0) is 12.4. The minimum Gasteiger partial charge on any atom is -0.421 e. The summed E-state index contributed by atoms with van der Waals surface area (Å²) in [5.74, 6) is 1.16. The molecule has 0 spiro atoms. The van der Waals surface area contributed by atoms with Crippen LogP contribution in [-0.2, 0) is 6.42 Å². The van der Waals surface area contributed by atoms with Crippen LogP contribution >= 0.6 is 11.6 Å². The van der Waals surface area contributed by atoms with Crippen LogP contribution in [0.15, 0.2) is 28.7 Å². The number of benzene rings is 1. The highest BCUT2D eigenvalue weighted by Gasteiger charge is 2.18. The first kappa shape index (κ1) is 11.7. The normalized spacial score (nSPS) is 19.3. The van der Waals surface area contributed by atoms with Gasteiger partial charge in [-0.05, 0) is 31.5 Å². The number of nitrogens with zero attached hydrogens (tertiary/aromatic N) is 2. The van der Waals surface area contributed by atoms with Gasteiger partial charge in [0.25, 0.3) is 0 Å². The number of nitrogens with one attached hydrogen (secondary N) is 1. The molecule has 18 heavy (non-hydrogen) atoms. The predicted molar refractivity (Wildman–Crippen MR) is 69.5 cm³/mol. The largest absolute Gasteiger partial charge is 0.421 e. The van der Waals surface area contributed by atoms with Crippen LogP contribution < -0.4 is 5.32 Å². The summed E-state index contributed by atoms with van der Waals surface area (Å²) < 4.78 is 5.67. The molecule has 2 aromatic rings. The molecule has 1 fully saturated rings. The van der Waals surface area contributed by atoms with Crippen molar-refractivity contribution in [3.8, 4) is 11.5 Å². The van der Waals surface area contributed by atoms with Gasteiger partial charge in [0.15, 0.2) is 0 Å². The van der Waals surface area contributed by atoms with Gasteiger partial charge in [-0.3, -0.25) is 0 Å². The van der Waals surface area contributed by atoms with Crippen molar-refractivity contribution in [3.05, 3.63) is 35.2 Å². The Morgan fingerprint density at radius 3 is 3.00 bits per heavy atom. The van der Waals surface area contributed by atoms with Gasteiger partial charge in [0.1, 0.15) is 0 Å². The van der Waals surface area contributed by atoms with E-state index in [1.807, 2.05) is 24.3 Å². The van der Waals surface area contributed by atoms with Gasteiger partial charge in [0.05, 0.1) is 10.6 Å². The first-order valence-corrected chi connectivity index (χ1v) is 6.51. The second-order valence-corrected chi connectivity index (χ2v) is 4.89. The van der Waals surface area contributed by atoms with Crippen molar-refractivity contribution in [3.63, 3.8) is 0 Å². The third-order valence-corrected chi connectivity index (χ3v) is 3.48. The molecule has 1 aromatic carbocycles. The molecular weight excluding hydrogens is 250 g/mol. The van der Waals surface area contributed by atoms with Crippen molar-refractivity contribution in [2.75, 3.05) is 6.54 Å². The highest BCUT2D eigenvalue weighted by Crippen LogP contribution is 2.26. The van der Waals surface area contributed by atoms with Gasteiger partial charge >= 0.3 is 0 Å². The number of hydrogen-bond donors (Lipinski definition) is 1. The Labute approximate surface area is 110 Å². The summed E-state index contributed by atoms with van der Waals surface area (Å²) in [6, 6.07) is 7.95. The first-order valence-electron chi connectivity index (χ1n) is 6.13. The van der Waals surface area contributed by atoms with Crippen LogP contribution in [0, 0.1) is 0 Å². The van der Waals surface area contributed by atoms with Gasteiger partial charge in [0.2, 0.25) is 11.8 Å². The van der Waals surface area contributed by atoms with Gasteiger partial charge in [-0.15, -0.1) is 10.2 Å². The second kappa shape index (κ2) is 5.08. The lowest BCUT2D eigenvalue weighted by Gasteiger charge is -2.05. The molecule has 1 N–H and O–H groups in total. The second-order valence-electron chi connectivity index (χ2n) is 4.48. The molecule has 0 radical (unpaired) electrons. The summed E-state index contributed by atoms with van der Waals surface area (Å²) in [4.78, 5) is 0. The van der Waals surface area contributed by atoms with Crippen LogP contribution in [0.3, 0.4) is 0 Å². The van der Waals surface area contributed by atoms with E-state index in [9.17, 15) is 0 Å². The molecule has 1 unspecified atom stereocenters. The zero-order valence-electron chi connectivity index (χ0n) is 9.90. The molecule has 1 atom stereocenters. The molecule has 3 rings (SSSR count). The van der Waals surface area contributed by atoms with Crippen molar-refractivity contribution in [2.24, 2.45) is 0 Å². The van der Waals surface area contributed by atoms with Gasteiger partial charge in [-0.2, -0.15) is 0 Å². The molecule has 1 aliphatic heterocycles. The molecule has 1 saturated heterocycles. The van der Waals surface area contributed by atoms with E-state index in [1.165, 1.54) is 12.8 Å². The van der Waals surface area contributed by atoms with E-state index < -0.39 is 0 Å². The third kappa shape index (κ3) is 2.40. The average molecular weight is 264 g/mol. The van der Waals surface area contributed by atoms with Gasteiger partial charge in [0, 0.05) is 12.5 Å². The topological polar surface area (TPSA) is 51.0 Å².